The van der Waals surface area contributed by atoms with Crippen LogP contribution in [0.15, 0.2) is 208 Å². The van der Waals surface area contributed by atoms with E-state index in [-0.39, 0.29) is 48.3 Å². The van der Waals surface area contributed by atoms with Crippen LogP contribution in [0.5, 0.6) is 0 Å². The molecule has 0 saturated heterocycles. The molecule has 6 heterocycles. The van der Waals surface area contributed by atoms with E-state index in [0.29, 0.717) is 64.4 Å². The highest BCUT2D eigenvalue weighted by Crippen LogP contribution is 2.21. The molecule has 0 spiro atoms. The lowest BCUT2D eigenvalue weighted by Gasteiger charge is -2.08. The van der Waals surface area contributed by atoms with Crippen LogP contribution in [-0.2, 0) is 33.5 Å². The number of amidine groups is 1. The smallest absolute Gasteiger partial charge is 0.337 e. The molecule has 0 aliphatic rings. The summed E-state index contributed by atoms with van der Waals surface area (Å²) >= 11 is 0. The van der Waals surface area contributed by atoms with Gasteiger partial charge in [0.25, 0.3) is 0 Å². The van der Waals surface area contributed by atoms with E-state index in [0.717, 1.165) is 61.5 Å². The number of aromatic nitrogens is 8. The Morgan fingerprint density at radius 3 is 1.27 bits per heavy atom. The molecule has 6 aromatic heterocycles. The maximum Gasteiger partial charge on any atom is 0.337 e. The molecule has 500 valence electrons. The maximum absolute atomic E-state index is 11.7. The molecule has 22 heteroatoms. The van der Waals surface area contributed by atoms with Crippen molar-refractivity contribution in [1.82, 2.24) is 44.8 Å². The lowest BCUT2D eigenvalue weighted by molar-refractivity contribution is 0.0591. The van der Waals surface area contributed by atoms with E-state index in [2.05, 4.69) is 49.3 Å². The van der Waals surface area contributed by atoms with Crippen LogP contribution in [0.25, 0.3) is 22.5 Å². The number of ketones is 2. The quantitative estimate of drug-likeness (QED) is 0.0133. The Labute approximate surface area is 565 Å². The highest BCUT2D eigenvalue weighted by atomic mass is 16.5. The van der Waals surface area contributed by atoms with Crippen molar-refractivity contribution in [3.05, 3.63) is 292 Å². The number of aryl methyl sites for hydroxylation is 4. The van der Waals surface area contributed by atoms with E-state index < -0.39 is 5.97 Å². The first-order valence-electron chi connectivity index (χ1n) is 29.6. The molecule has 0 amide bonds. The van der Waals surface area contributed by atoms with Crippen molar-refractivity contribution in [3.63, 3.8) is 0 Å². The largest absolute Gasteiger partial charge is 0.478 e. The van der Waals surface area contributed by atoms with Crippen LogP contribution in [0.3, 0.4) is 0 Å². The number of benzene rings is 4. The molecule has 0 saturated carbocycles. The molecule has 0 bridgehead atoms. The number of carbonyl (C=O) groups is 6. The Kier molecular flexibility index (Phi) is 31.7. The average Bonchev–Trinajstić information content (AvgIpc) is 0.881. The standard InChI is InChI=1S/C19H17N3O2.C18H15N3O2.C11H14N2O2.C10H12N2O.C9H11NO2.C7H7NO.CH4/c1-13-5-6-14(19(23)24-2)10-16(13)11-18-21-9-7-17(22-18)15-4-3-8-20-12-15;1-12-4-5-13(18(22)23)9-15(12)10-17-20-8-6-16(21-17)14-3-2-7-19-11-14;1-7-3-4-8(11(14)15-2)5-9(7)6-10(12)13;1-12(2)7-5-10(13)9-4-3-6-11-8-9;1-6-3-4-7(5-8(6)10)9(11)12-2;1-6(9)7-3-2-4-8-5-7;/h3-10,12H,11H2,1-2H3;2-9,11H,10H2,1H3,(H,22,23);3-5H,6H2,1-2H3,(H3,12,13);3-8H,1-2H3;3-5H,10H2,1-2H3;2-5H,1H3;1H4/b;;;7-5+;;;. The first-order valence-corrected chi connectivity index (χ1v) is 29.6. The van der Waals surface area contributed by atoms with Gasteiger partial charge in [0.05, 0.1) is 60.8 Å². The molecule has 0 aliphatic carbocycles. The average molecular weight is 1310 g/mol. The van der Waals surface area contributed by atoms with Crippen molar-refractivity contribution in [3.8, 4) is 22.5 Å². The van der Waals surface area contributed by atoms with Crippen molar-refractivity contribution in [1.29, 1.82) is 5.41 Å². The number of aromatic carboxylic acids is 1. The number of ether oxygens (including phenoxy) is 3. The molecule has 0 radical (unpaired) electrons. The predicted octanol–water partition coefficient (Wildman–Crippen LogP) is 12.2. The van der Waals surface area contributed by atoms with Gasteiger partial charge in [-0.3, -0.25) is 34.9 Å². The van der Waals surface area contributed by atoms with Crippen molar-refractivity contribution in [2.45, 2.75) is 61.3 Å². The summed E-state index contributed by atoms with van der Waals surface area (Å²) in [6.45, 7) is 9.28. The molecule has 97 heavy (non-hydrogen) atoms. The zero-order valence-electron chi connectivity index (χ0n) is 55.1. The van der Waals surface area contributed by atoms with Gasteiger partial charge in [-0.1, -0.05) is 31.7 Å². The summed E-state index contributed by atoms with van der Waals surface area (Å²) in [7, 11) is 7.80. The SMILES string of the molecule is C.CC(=O)c1cccnc1.CN(C)/C=C/C(=O)c1cccnc1.COC(=O)c1ccc(C)c(CC(=N)N)c1.COC(=O)c1ccc(C)c(Cc2nccc(-c3cccnc3)n2)c1.COC(=O)c1ccc(C)c(N)c1.Cc1ccc(C(=O)O)cc1Cc1nccc(-c2cccnc2)n1. The molecule has 0 aliphatic heterocycles. The Balaban J connectivity index is 0.000000255. The number of carboxylic acid groups (broad SMARTS) is 1. The van der Waals surface area contributed by atoms with Gasteiger partial charge in [0.1, 0.15) is 11.6 Å². The van der Waals surface area contributed by atoms with E-state index >= 15 is 0 Å². The molecule has 0 atom stereocenters. The number of methoxy groups -OCH3 is 3. The molecular weight excluding hydrogens is 1230 g/mol. The number of nitrogens with one attached hydrogen (secondary N) is 1. The first kappa shape index (κ1) is 77.1. The number of rotatable bonds is 16. The lowest BCUT2D eigenvalue weighted by atomic mass is 10.0. The number of nitrogens with two attached hydrogens (primary N) is 2. The van der Waals surface area contributed by atoms with Gasteiger partial charge in [0.15, 0.2) is 11.6 Å². The van der Waals surface area contributed by atoms with Crippen LogP contribution >= 0.6 is 0 Å². The Bertz CT molecular complexity index is 4270. The van der Waals surface area contributed by atoms with E-state index in [1.807, 2.05) is 107 Å². The first-order chi connectivity index (χ1) is 46.0. The van der Waals surface area contributed by atoms with Crippen LogP contribution in [0.2, 0.25) is 0 Å². The lowest BCUT2D eigenvalue weighted by Crippen LogP contribution is -2.14. The maximum atomic E-state index is 11.7. The van der Waals surface area contributed by atoms with Crippen LogP contribution < -0.4 is 11.5 Å². The van der Waals surface area contributed by atoms with E-state index in [4.69, 9.17) is 26.7 Å². The van der Waals surface area contributed by atoms with Crippen LogP contribution in [-0.4, -0.2) is 127 Å². The van der Waals surface area contributed by atoms with Crippen molar-refractivity contribution >= 4 is 47.0 Å². The van der Waals surface area contributed by atoms with Crippen molar-refractivity contribution < 1.29 is 48.1 Å². The number of allylic oxidation sites excluding steroid dienone is 1. The Morgan fingerprint density at radius 2 is 0.897 bits per heavy atom. The summed E-state index contributed by atoms with van der Waals surface area (Å²) in [4.78, 5) is 103. The van der Waals surface area contributed by atoms with Crippen LogP contribution in [0.1, 0.15) is 127 Å². The van der Waals surface area contributed by atoms with Gasteiger partial charge >= 0.3 is 23.9 Å². The van der Waals surface area contributed by atoms with Gasteiger partial charge in [-0.25, -0.2) is 39.1 Å². The number of Topliss-reactive ketones (excluding diaryl/α,β-unsaturated/α-hetero) is 1. The molecule has 10 rings (SSSR count). The van der Waals surface area contributed by atoms with Gasteiger partial charge in [0.2, 0.25) is 0 Å². The number of carboxylic acids is 1. The summed E-state index contributed by atoms with van der Waals surface area (Å²) < 4.78 is 13.9. The zero-order valence-corrected chi connectivity index (χ0v) is 55.1. The summed E-state index contributed by atoms with van der Waals surface area (Å²) in [6.07, 6.45) is 21.5. The van der Waals surface area contributed by atoms with E-state index in [9.17, 15) is 28.8 Å². The third-order valence-electron chi connectivity index (χ3n) is 13.8. The molecule has 10 aromatic rings. The zero-order chi connectivity index (χ0) is 70.1. The van der Waals surface area contributed by atoms with Gasteiger partial charge in [-0.2, -0.15) is 0 Å². The van der Waals surface area contributed by atoms with Gasteiger partial charge < -0.3 is 35.7 Å². The minimum atomic E-state index is -0.934. The monoisotopic (exact) mass is 1310 g/mol. The number of nitrogen functional groups attached to an aromatic ring is 1. The van der Waals surface area contributed by atoms with Gasteiger partial charge in [-0.15, -0.1) is 0 Å². The minimum Gasteiger partial charge on any atom is -0.478 e. The normalized spacial score (nSPS) is 9.96. The fraction of sp³-hybridized carbons (Fsp3) is 0.187. The number of carbonyl (C=O) groups excluding carboxylic acids is 5. The molecule has 6 N–H and O–H groups in total. The second-order valence-corrected chi connectivity index (χ2v) is 21.2. The summed E-state index contributed by atoms with van der Waals surface area (Å²) in [5.74, 6) is -0.553. The second-order valence-electron chi connectivity index (χ2n) is 21.2. The summed E-state index contributed by atoms with van der Waals surface area (Å²) in [5, 5.41) is 16.3. The summed E-state index contributed by atoms with van der Waals surface area (Å²) in [6, 6.07) is 39.2. The van der Waals surface area contributed by atoms with Gasteiger partial charge in [0, 0.05) is 136 Å². The van der Waals surface area contributed by atoms with E-state index in [1.54, 1.807) is 141 Å². The highest BCUT2D eigenvalue weighted by molar-refractivity contribution is 6.04. The van der Waals surface area contributed by atoms with Crippen LogP contribution in [0.4, 0.5) is 5.69 Å². The third kappa shape index (κ3) is 25.9. The molecule has 4 aromatic carbocycles. The number of nitrogens with zero attached hydrogens (tertiary/aromatic N) is 9. The number of hydrogen-bond acceptors (Lipinski definition) is 20. The third-order valence-corrected chi connectivity index (χ3v) is 13.8. The molecule has 0 fully saturated rings. The number of hydrogen-bond donors (Lipinski definition) is 4. The second kappa shape index (κ2) is 39.9. The van der Waals surface area contributed by atoms with E-state index in [1.165, 1.54) is 34.3 Å². The Morgan fingerprint density at radius 1 is 0.505 bits per heavy atom. The predicted molar refractivity (Wildman–Crippen MR) is 374 cm³/mol. The minimum absolute atomic E-state index is 0. The molecular formula is C75H80N12O10. The topological polar surface area (TPSA) is 333 Å². The fourth-order valence-corrected chi connectivity index (χ4v) is 8.35. The van der Waals surface area contributed by atoms with Crippen LogP contribution in [0, 0.1) is 33.1 Å². The van der Waals surface area contributed by atoms with Crippen molar-refractivity contribution in [2.75, 3.05) is 41.2 Å². The number of esters is 3. The van der Waals surface area contributed by atoms with Gasteiger partial charge in [-0.05, 0) is 183 Å². The molecule has 22 nitrogen and oxygen atoms in total. The summed E-state index contributed by atoms with van der Waals surface area (Å²) in [5.41, 5.74) is 24.9. The van der Waals surface area contributed by atoms with Crippen molar-refractivity contribution in [2.24, 2.45) is 5.73 Å². The Hall–Kier alpha value is -12.3. The number of anilines is 1. The molecule has 0 unspecified atom stereocenters. The highest BCUT2D eigenvalue weighted by Gasteiger charge is 2.14. The number of pyridine rings is 4. The fourth-order valence-electron chi connectivity index (χ4n) is 8.35.